The number of ether oxygens (including phenoxy) is 1. The van der Waals surface area contributed by atoms with Crippen LogP contribution in [0.4, 0.5) is 4.39 Å². The summed E-state index contributed by atoms with van der Waals surface area (Å²) in [6.07, 6.45) is 2.27. The van der Waals surface area contributed by atoms with E-state index in [4.69, 9.17) is 10.5 Å². The molecule has 2 rings (SSSR count). The first-order valence-electron chi connectivity index (χ1n) is 6.32. The van der Waals surface area contributed by atoms with Crippen LogP contribution in [0.25, 0.3) is 0 Å². The fraction of sp³-hybridized carbons (Fsp3) is 0.357. The first kappa shape index (κ1) is 15.2. The molecule has 1 aromatic carbocycles. The van der Waals surface area contributed by atoms with Crippen LogP contribution in [0.1, 0.15) is 17.3 Å². The van der Waals surface area contributed by atoms with Gasteiger partial charge in [-0.3, -0.25) is 4.68 Å². The summed E-state index contributed by atoms with van der Waals surface area (Å²) in [5, 5.41) is 4.27. The number of nitrogens with two attached hydrogens (primary N) is 1. The Morgan fingerprint density at radius 2 is 2.30 bits per heavy atom. The smallest absolute Gasteiger partial charge is 0.123 e. The predicted octanol–water partition coefficient (Wildman–Crippen LogP) is 2.67. The Hall–Kier alpha value is -1.24. The number of aromatic nitrogens is 2. The normalized spacial score (nSPS) is 12.6. The summed E-state index contributed by atoms with van der Waals surface area (Å²) in [6, 6.07) is 6.23. The second-order valence-corrected chi connectivity index (χ2v) is 5.39. The van der Waals surface area contributed by atoms with Crippen LogP contribution >= 0.6 is 15.9 Å². The van der Waals surface area contributed by atoms with Crippen LogP contribution in [0, 0.1) is 5.82 Å². The molecule has 1 unspecified atom stereocenters. The third kappa shape index (κ3) is 3.65. The second kappa shape index (κ2) is 6.97. The van der Waals surface area contributed by atoms with E-state index >= 15 is 0 Å². The Kier molecular flexibility index (Phi) is 5.28. The molecule has 108 valence electrons. The van der Waals surface area contributed by atoms with E-state index in [0.717, 1.165) is 15.7 Å². The molecule has 0 spiro atoms. The molecule has 0 aliphatic rings. The molecule has 6 heteroatoms. The van der Waals surface area contributed by atoms with Gasteiger partial charge in [0, 0.05) is 7.11 Å². The SMILES string of the molecule is COCCn1ncc(Br)c1C(N)Cc1cccc(F)c1. The predicted molar refractivity (Wildman–Crippen MR) is 78.8 cm³/mol. The van der Waals surface area contributed by atoms with Crippen LogP contribution in [0.15, 0.2) is 34.9 Å². The first-order chi connectivity index (χ1) is 9.61. The molecule has 0 amide bonds. The average Bonchev–Trinajstić information content (AvgIpc) is 2.77. The summed E-state index contributed by atoms with van der Waals surface area (Å²) in [5.41, 5.74) is 8.00. The van der Waals surface area contributed by atoms with Gasteiger partial charge in [0.15, 0.2) is 0 Å². The van der Waals surface area contributed by atoms with Crippen molar-refractivity contribution < 1.29 is 9.13 Å². The van der Waals surface area contributed by atoms with Crippen LogP contribution in [-0.2, 0) is 17.7 Å². The number of nitrogens with zero attached hydrogens (tertiary/aromatic N) is 2. The third-order valence-electron chi connectivity index (χ3n) is 3.04. The fourth-order valence-electron chi connectivity index (χ4n) is 2.11. The maximum Gasteiger partial charge on any atom is 0.123 e. The number of methoxy groups -OCH3 is 1. The highest BCUT2D eigenvalue weighted by Gasteiger charge is 2.17. The highest BCUT2D eigenvalue weighted by atomic mass is 79.9. The zero-order valence-corrected chi connectivity index (χ0v) is 12.8. The van der Waals surface area contributed by atoms with Gasteiger partial charge in [-0.25, -0.2) is 4.39 Å². The summed E-state index contributed by atoms with van der Waals surface area (Å²) < 4.78 is 20.9. The zero-order valence-electron chi connectivity index (χ0n) is 11.2. The Morgan fingerprint density at radius 1 is 1.50 bits per heavy atom. The van der Waals surface area contributed by atoms with E-state index in [1.54, 1.807) is 19.4 Å². The van der Waals surface area contributed by atoms with Gasteiger partial charge >= 0.3 is 0 Å². The quantitative estimate of drug-likeness (QED) is 0.878. The van der Waals surface area contributed by atoms with Crippen molar-refractivity contribution in [1.82, 2.24) is 9.78 Å². The first-order valence-corrected chi connectivity index (χ1v) is 7.11. The van der Waals surface area contributed by atoms with Gasteiger partial charge in [0.2, 0.25) is 0 Å². The standard InChI is InChI=1S/C14H17BrFN3O/c1-20-6-5-19-14(12(15)9-18-19)13(17)8-10-3-2-4-11(16)7-10/h2-4,7,9,13H,5-6,8,17H2,1H3. The van der Waals surface area contributed by atoms with Gasteiger partial charge < -0.3 is 10.5 Å². The third-order valence-corrected chi connectivity index (χ3v) is 3.65. The summed E-state index contributed by atoms with van der Waals surface area (Å²) in [6.45, 7) is 1.20. The molecule has 0 saturated carbocycles. The summed E-state index contributed by atoms with van der Waals surface area (Å²) >= 11 is 3.46. The maximum absolute atomic E-state index is 13.2. The molecule has 1 heterocycles. The van der Waals surface area contributed by atoms with Crippen LogP contribution in [0.3, 0.4) is 0 Å². The second-order valence-electron chi connectivity index (χ2n) is 4.53. The molecule has 0 saturated heterocycles. The number of benzene rings is 1. The van der Waals surface area contributed by atoms with Crippen molar-refractivity contribution in [3.8, 4) is 0 Å². The average molecular weight is 342 g/mol. The molecule has 0 bridgehead atoms. The monoisotopic (exact) mass is 341 g/mol. The van der Waals surface area contributed by atoms with Crippen molar-refractivity contribution in [3.63, 3.8) is 0 Å². The van der Waals surface area contributed by atoms with E-state index in [-0.39, 0.29) is 11.9 Å². The van der Waals surface area contributed by atoms with Crippen molar-refractivity contribution in [2.24, 2.45) is 5.73 Å². The van der Waals surface area contributed by atoms with Crippen LogP contribution in [0.2, 0.25) is 0 Å². The van der Waals surface area contributed by atoms with Crippen LogP contribution < -0.4 is 5.73 Å². The highest BCUT2D eigenvalue weighted by molar-refractivity contribution is 9.10. The van der Waals surface area contributed by atoms with E-state index in [9.17, 15) is 4.39 Å². The van der Waals surface area contributed by atoms with Gasteiger partial charge in [0.25, 0.3) is 0 Å². The van der Waals surface area contributed by atoms with Crippen molar-refractivity contribution in [3.05, 3.63) is 52.0 Å². The van der Waals surface area contributed by atoms with Gasteiger partial charge in [-0.15, -0.1) is 0 Å². The van der Waals surface area contributed by atoms with Gasteiger partial charge in [0.05, 0.1) is 35.6 Å². The van der Waals surface area contributed by atoms with Crippen molar-refractivity contribution in [1.29, 1.82) is 0 Å². The largest absolute Gasteiger partial charge is 0.383 e. The maximum atomic E-state index is 13.2. The van der Waals surface area contributed by atoms with Gasteiger partial charge in [0.1, 0.15) is 5.82 Å². The van der Waals surface area contributed by atoms with E-state index in [2.05, 4.69) is 21.0 Å². The highest BCUT2D eigenvalue weighted by Crippen LogP contribution is 2.24. The Balaban J connectivity index is 2.16. The lowest BCUT2D eigenvalue weighted by atomic mass is 10.0. The molecule has 0 radical (unpaired) electrons. The van der Waals surface area contributed by atoms with Crippen LogP contribution in [0.5, 0.6) is 0 Å². The fourth-order valence-corrected chi connectivity index (χ4v) is 2.70. The van der Waals surface area contributed by atoms with E-state index < -0.39 is 0 Å². The van der Waals surface area contributed by atoms with Crippen molar-refractivity contribution in [2.75, 3.05) is 13.7 Å². The van der Waals surface area contributed by atoms with Crippen molar-refractivity contribution >= 4 is 15.9 Å². The van der Waals surface area contributed by atoms with Gasteiger partial charge in [-0.1, -0.05) is 12.1 Å². The molecule has 0 aliphatic carbocycles. The van der Waals surface area contributed by atoms with Crippen LogP contribution in [-0.4, -0.2) is 23.5 Å². The number of halogens is 2. The minimum atomic E-state index is -0.259. The number of hydrogen-bond acceptors (Lipinski definition) is 3. The molecule has 4 nitrogen and oxygen atoms in total. The molecule has 20 heavy (non-hydrogen) atoms. The van der Waals surface area contributed by atoms with E-state index in [1.807, 2.05) is 10.7 Å². The lowest BCUT2D eigenvalue weighted by Gasteiger charge is -2.15. The number of hydrogen-bond donors (Lipinski definition) is 1. The molecule has 2 aromatic rings. The summed E-state index contributed by atoms with van der Waals surface area (Å²) in [4.78, 5) is 0. The minimum Gasteiger partial charge on any atom is -0.383 e. The topological polar surface area (TPSA) is 53.1 Å². The molecule has 1 aromatic heterocycles. The molecule has 1 atom stereocenters. The summed E-state index contributed by atoms with van der Waals surface area (Å²) in [5.74, 6) is -0.248. The Labute approximate surface area is 125 Å². The Morgan fingerprint density at radius 3 is 3.00 bits per heavy atom. The molecular formula is C14H17BrFN3O. The molecule has 0 aliphatic heterocycles. The number of rotatable bonds is 6. The molecule has 0 fully saturated rings. The zero-order chi connectivity index (χ0) is 14.5. The van der Waals surface area contributed by atoms with Gasteiger partial charge in [-0.05, 0) is 40.0 Å². The molecular weight excluding hydrogens is 325 g/mol. The lowest BCUT2D eigenvalue weighted by molar-refractivity contribution is 0.182. The summed E-state index contributed by atoms with van der Waals surface area (Å²) in [7, 11) is 1.64. The van der Waals surface area contributed by atoms with E-state index in [0.29, 0.717) is 19.6 Å². The van der Waals surface area contributed by atoms with Crippen molar-refractivity contribution in [2.45, 2.75) is 19.0 Å². The minimum absolute atomic E-state index is 0.248. The molecule has 2 N–H and O–H groups in total. The Bertz CT molecular complexity index is 573. The lowest BCUT2D eigenvalue weighted by Crippen LogP contribution is -2.20. The van der Waals surface area contributed by atoms with E-state index in [1.165, 1.54) is 12.1 Å². The van der Waals surface area contributed by atoms with Gasteiger partial charge in [-0.2, -0.15) is 5.10 Å².